The van der Waals surface area contributed by atoms with Gasteiger partial charge in [0.25, 0.3) is 11.5 Å². The summed E-state index contributed by atoms with van der Waals surface area (Å²) in [4.78, 5) is 35.8. The molecule has 9 heteroatoms. The molecule has 0 atom stereocenters. The number of fused-ring (bicyclic) bond motifs is 1. The summed E-state index contributed by atoms with van der Waals surface area (Å²) in [5.74, 6) is 0.578. The molecule has 1 spiro atoms. The molecule has 0 aliphatic carbocycles. The number of carbonyl (C=O) groups is 1. The van der Waals surface area contributed by atoms with E-state index in [2.05, 4.69) is 35.3 Å². The van der Waals surface area contributed by atoms with Gasteiger partial charge in [0, 0.05) is 62.3 Å². The molecule has 2 aliphatic rings. The van der Waals surface area contributed by atoms with Crippen LogP contribution in [0.3, 0.4) is 0 Å². The Hall–Kier alpha value is -3.33. The van der Waals surface area contributed by atoms with E-state index in [1.54, 1.807) is 13.1 Å². The molecule has 0 radical (unpaired) electrons. The smallest absolute Gasteiger partial charge is 0.271 e. The number of aromatic nitrogens is 4. The van der Waals surface area contributed by atoms with Crippen molar-refractivity contribution in [3.63, 3.8) is 0 Å². The zero-order chi connectivity index (χ0) is 21.6. The van der Waals surface area contributed by atoms with Crippen LogP contribution in [0.1, 0.15) is 28.7 Å². The van der Waals surface area contributed by atoms with E-state index >= 15 is 0 Å². The molecule has 2 fully saturated rings. The van der Waals surface area contributed by atoms with E-state index in [4.69, 9.17) is 0 Å². The second-order valence-electron chi connectivity index (χ2n) is 8.60. The fourth-order valence-electron chi connectivity index (χ4n) is 4.65. The third kappa shape index (κ3) is 3.54. The molecule has 1 amide bonds. The largest absolute Gasteiger partial charge is 0.354 e. The fourth-order valence-corrected chi connectivity index (χ4v) is 4.65. The van der Waals surface area contributed by atoms with Gasteiger partial charge < -0.3 is 15.2 Å². The van der Waals surface area contributed by atoms with Crippen LogP contribution in [0, 0.1) is 5.41 Å². The molecule has 0 aromatic carbocycles. The third-order valence-electron chi connectivity index (χ3n) is 6.23. The number of anilines is 1. The zero-order valence-electron chi connectivity index (χ0n) is 17.7. The molecular weight excluding hydrogens is 394 g/mol. The Morgan fingerprint density at radius 1 is 1.19 bits per heavy atom. The molecule has 0 unspecified atom stereocenters. The Bertz CT molecular complexity index is 1190. The minimum atomic E-state index is -0.231. The second-order valence-corrected chi connectivity index (χ2v) is 8.60. The summed E-state index contributed by atoms with van der Waals surface area (Å²) in [6, 6.07) is 7.47. The average molecular weight is 419 g/mol. The van der Waals surface area contributed by atoms with Gasteiger partial charge in [-0.25, -0.2) is 0 Å². The molecule has 5 rings (SSSR count). The molecule has 9 nitrogen and oxygen atoms in total. The number of rotatable bonds is 5. The first-order valence-corrected chi connectivity index (χ1v) is 10.5. The van der Waals surface area contributed by atoms with E-state index in [0.717, 1.165) is 60.7 Å². The number of nitrogens with zero attached hydrogens (tertiary/aromatic N) is 5. The molecule has 5 heterocycles. The number of nitrogens with one attached hydrogen (secondary N) is 2. The van der Waals surface area contributed by atoms with Crippen LogP contribution >= 0.6 is 0 Å². The van der Waals surface area contributed by atoms with Crippen molar-refractivity contribution in [1.82, 2.24) is 30.4 Å². The van der Waals surface area contributed by atoms with Gasteiger partial charge in [-0.05, 0) is 30.7 Å². The second kappa shape index (κ2) is 7.42. The van der Waals surface area contributed by atoms with E-state index in [-0.39, 0.29) is 11.5 Å². The minimum Gasteiger partial charge on any atom is -0.354 e. The Balaban J connectivity index is 1.17. The lowest BCUT2D eigenvalue weighted by Gasteiger charge is -2.60. The molecule has 3 aromatic heterocycles. The minimum absolute atomic E-state index is 0.0175. The van der Waals surface area contributed by atoms with Crippen molar-refractivity contribution >= 4 is 22.6 Å². The number of pyridine rings is 2. The van der Waals surface area contributed by atoms with Crippen molar-refractivity contribution in [2.24, 2.45) is 5.41 Å². The van der Waals surface area contributed by atoms with Crippen LogP contribution in [-0.4, -0.2) is 64.2 Å². The lowest BCUT2D eigenvalue weighted by molar-refractivity contribution is -0.0284. The summed E-state index contributed by atoms with van der Waals surface area (Å²) in [5, 5.41) is 11.7. The first-order valence-electron chi connectivity index (χ1n) is 10.5. The average Bonchev–Trinajstić information content (AvgIpc) is 2.73. The highest BCUT2D eigenvalue weighted by Gasteiger charge is 2.52. The summed E-state index contributed by atoms with van der Waals surface area (Å²) in [6.45, 7) is 6.66. The Morgan fingerprint density at radius 3 is 2.68 bits per heavy atom. The van der Waals surface area contributed by atoms with E-state index < -0.39 is 0 Å². The van der Waals surface area contributed by atoms with Crippen molar-refractivity contribution in [3.8, 4) is 0 Å². The number of hydrogen-bond acceptors (Lipinski definition) is 7. The fraction of sp³-hybridized carbons (Fsp3) is 0.409. The van der Waals surface area contributed by atoms with Crippen LogP contribution < -0.4 is 15.8 Å². The van der Waals surface area contributed by atoms with Gasteiger partial charge in [-0.2, -0.15) is 0 Å². The molecule has 3 aromatic rings. The van der Waals surface area contributed by atoms with E-state index in [1.807, 2.05) is 31.3 Å². The number of likely N-dealkylation sites (tertiary alicyclic amines) is 1. The highest BCUT2D eigenvalue weighted by molar-refractivity contribution is 5.91. The topological polar surface area (TPSA) is 107 Å². The monoisotopic (exact) mass is 419 g/mol. The van der Waals surface area contributed by atoms with Crippen molar-refractivity contribution in [3.05, 3.63) is 57.8 Å². The lowest BCUT2D eigenvalue weighted by atomic mass is 9.73. The normalized spacial score (nSPS) is 17.4. The summed E-state index contributed by atoms with van der Waals surface area (Å²) >= 11 is 0. The Morgan fingerprint density at radius 2 is 2.00 bits per heavy atom. The molecule has 0 saturated carbocycles. The van der Waals surface area contributed by atoms with Gasteiger partial charge in [0.05, 0.1) is 11.2 Å². The number of aryl methyl sites for hydroxylation is 1. The van der Waals surface area contributed by atoms with Crippen LogP contribution in [0.5, 0.6) is 0 Å². The van der Waals surface area contributed by atoms with Crippen LogP contribution in [0.2, 0.25) is 0 Å². The van der Waals surface area contributed by atoms with Crippen molar-refractivity contribution in [2.75, 3.05) is 38.1 Å². The molecule has 31 heavy (non-hydrogen) atoms. The zero-order valence-corrected chi connectivity index (χ0v) is 17.7. The van der Waals surface area contributed by atoms with Crippen LogP contribution in [0.15, 0.2) is 35.3 Å². The number of aromatic amines is 1. The van der Waals surface area contributed by atoms with Crippen LogP contribution in [0.25, 0.3) is 10.9 Å². The quantitative estimate of drug-likeness (QED) is 0.634. The van der Waals surface area contributed by atoms with E-state index in [0.29, 0.717) is 17.5 Å². The van der Waals surface area contributed by atoms with Gasteiger partial charge in [0.1, 0.15) is 0 Å². The predicted octanol–water partition coefficient (Wildman–Crippen LogP) is 0.957. The molecular formula is C22H25N7O2. The highest BCUT2D eigenvalue weighted by atomic mass is 16.1. The van der Waals surface area contributed by atoms with Gasteiger partial charge in [-0.1, -0.05) is 6.92 Å². The van der Waals surface area contributed by atoms with Crippen LogP contribution in [-0.2, 0) is 13.0 Å². The van der Waals surface area contributed by atoms with Gasteiger partial charge in [0.2, 0.25) is 0 Å². The maximum absolute atomic E-state index is 12.1. The van der Waals surface area contributed by atoms with Crippen molar-refractivity contribution in [2.45, 2.75) is 19.9 Å². The molecule has 160 valence electrons. The maximum Gasteiger partial charge on any atom is 0.271 e. The Labute approximate surface area is 179 Å². The van der Waals surface area contributed by atoms with Crippen molar-refractivity contribution in [1.29, 1.82) is 0 Å². The van der Waals surface area contributed by atoms with Crippen LogP contribution in [0.4, 0.5) is 5.82 Å². The van der Waals surface area contributed by atoms with E-state index in [9.17, 15) is 9.59 Å². The lowest BCUT2D eigenvalue weighted by Crippen LogP contribution is -2.72. The first kappa shape index (κ1) is 19.6. The number of amides is 1. The van der Waals surface area contributed by atoms with Crippen molar-refractivity contribution < 1.29 is 4.79 Å². The SMILES string of the molecule is CCc1cc2cnc(CN3CC4(C3)CN(c3ccc(C(=O)NC)nn3)C4)cc2[nH]c1=O. The maximum atomic E-state index is 12.1. The Kier molecular flexibility index (Phi) is 4.70. The summed E-state index contributed by atoms with van der Waals surface area (Å²) < 4.78 is 0. The first-order chi connectivity index (χ1) is 15.0. The van der Waals surface area contributed by atoms with E-state index in [1.165, 1.54) is 0 Å². The number of hydrogen-bond donors (Lipinski definition) is 2. The third-order valence-corrected chi connectivity index (χ3v) is 6.23. The summed E-state index contributed by atoms with van der Waals surface area (Å²) in [6.07, 6.45) is 2.56. The highest BCUT2D eigenvalue weighted by Crippen LogP contribution is 2.41. The molecule has 2 aliphatic heterocycles. The van der Waals surface area contributed by atoms with Gasteiger partial charge >= 0.3 is 0 Å². The predicted molar refractivity (Wildman–Crippen MR) is 117 cm³/mol. The number of H-pyrrole nitrogens is 1. The molecule has 2 saturated heterocycles. The standard InChI is InChI=1S/C22H25N7O2/c1-3-14-6-15-8-24-16(7-18(15)25-20(14)30)9-28-10-22(11-28)12-29(13-22)19-5-4-17(26-27-19)21(31)23-2/h4-8H,3,9-13H2,1-2H3,(H,23,31)(H,25,30). The summed E-state index contributed by atoms with van der Waals surface area (Å²) in [7, 11) is 1.58. The van der Waals surface area contributed by atoms with Gasteiger partial charge in [-0.3, -0.25) is 19.5 Å². The van der Waals surface area contributed by atoms with Gasteiger partial charge in [-0.15, -0.1) is 10.2 Å². The summed E-state index contributed by atoms with van der Waals surface area (Å²) in [5.41, 5.74) is 3.20. The van der Waals surface area contributed by atoms with Gasteiger partial charge in [0.15, 0.2) is 11.5 Å². The molecule has 2 N–H and O–H groups in total. The number of carbonyl (C=O) groups excluding carboxylic acids is 1. The molecule has 0 bridgehead atoms.